The molecular formula is C11H11N3O3S. The lowest BCUT2D eigenvalue weighted by molar-refractivity contribution is -0.117. The Hall–Kier alpha value is -2.15. The lowest BCUT2D eigenvalue weighted by Gasteiger charge is -2.11. The molecule has 2 amide bonds. The molecule has 0 unspecified atom stereocenters. The van der Waals surface area contributed by atoms with E-state index in [4.69, 9.17) is 4.42 Å². The van der Waals surface area contributed by atoms with Crippen LogP contribution < -0.4 is 10.6 Å². The molecular weight excluding hydrogens is 254 g/mol. The molecule has 0 saturated carbocycles. The van der Waals surface area contributed by atoms with Crippen LogP contribution in [0.25, 0.3) is 0 Å². The van der Waals surface area contributed by atoms with E-state index in [0.717, 1.165) is 0 Å². The smallest absolute Gasteiger partial charge is 0.255 e. The highest BCUT2D eigenvalue weighted by atomic mass is 32.1. The normalized spacial score (nSPS) is 11.8. The third kappa shape index (κ3) is 2.95. The first-order chi connectivity index (χ1) is 8.66. The maximum Gasteiger partial charge on any atom is 0.255 e. The second-order valence-corrected chi connectivity index (χ2v) is 4.43. The van der Waals surface area contributed by atoms with Crippen molar-refractivity contribution >= 4 is 28.3 Å². The third-order valence-corrected chi connectivity index (χ3v) is 2.88. The average Bonchev–Trinajstić information content (AvgIpc) is 3.01. The number of carbonyl (C=O) groups excluding carboxylic acids is 2. The molecule has 0 radical (unpaired) electrons. The zero-order valence-electron chi connectivity index (χ0n) is 9.54. The van der Waals surface area contributed by atoms with Gasteiger partial charge in [0, 0.05) is 11.6 Å². The van der Waals surface area contributed by atoms with Gasteiger partial charge in [0.1, 0.15) is 12.3 Å². The Morgan fingerprint density at radius 1 is 1.50 bits per heavy atom. The van der Waals surface area contributed by atoms with E-state index in [1.807, 2.05) is 0 Å². The van der Waals surface area contributed by atoms with Gasteiger partial charge >= 0.3 is 0 Å². The van der Waals surface area contributed by atoms with Crippen molar-refractivity contribution < 1.29 is 14.0 Å². The van der Waals surface area contributed by atoms with Crippen LogP contribution in [-0.4, -0.2) is 22.8 Å². The first-order valence-corrected chi connectivity index (χ1v) is 6.08. The summed E-state index contributed by atoms with van der Waals surface area (Å²) in [6.45, 7) is 1.60. The van der Waals surface area contributed by atoms with Crippen LogP contribution in [-0.2, 0) is 4.79 Å². The van der Waals surface area contributed by atoms with Crippen LogP contribution >= 0.6 is 11.3 Å². The predicted molar refractivity (Wildman–Crippen MR) is 66.4 cm³/mol. The quantitative estimate of drug-likeness (QED) is 0.877. The topological polar surface area (TPSA) is 84.2 Å². The molecule has 2 aromatic heterocycles. The van der Waals surface area contributed by atoms with Crippen LogP contribution in [0, 0.1) is 0 Å². The van der Waals surface area contributed by atoms with E-state index in [9.17, 15) is 9.59 Å². The summed E-state index contributed by atoms with van der Waals surface area (Å²) in [5, 5.41) is 7.42. The second-order valence-electron chi connectivity index (χ2n) is 3.53. The molecule has 1 atom stereocenters. The van der Waals surface area contributed by atoms with Gasteiger partial charge in [-0.05, 0) is 13.0 Å². The van der Waals surface area contributed by atoms with Crippen LogP contribution in [0.1, 0.15) is 17.3 Å². The molecule has 0 aliphatic carbocycles. The molecule has 7 heteroatoms. The van der Waals surface area contributed by atoms with Crippen LogP contribution in [0.5, 0.6) is 0 Å². The first-order valence-electron chi connectivity index (χ1n) is 5.20. The largest absolute Gasteiger partial charge is 0.472 e. The molecule has 0 aliphatic heterocycles. The number of hydrogen-bond donors (Lipinski definition) is 2. The van der Waals surface area contributed by atoms with Gasteiger partial charge in [0.05, 0.1) is 11.8 Å². The summed E-state index contributed by atoms with van der Waals surface area (Å²) in [6, 6.07) is 0.872. The number of carbonyl (C=O) groups is 2. The first kappa shape index (κ1) is 12.3. The molecule has 0 bridgehead atoms. The van der Waals surface area contributed by atoms with E-state index < -0.39 is 6.04 Å². The Morgan fingerprint density at radius 2 is 2.33 bits per heavy atom. The minimum absolute atomic E-state index is 0.318. The number of furan rings is 1. The summed E-state index contributed by atoms with van der Waals surface area (Å²) in [6.07, 6.45) is 4.31. The molecule has 0 fully saturated rings. The molecule has 0 saturated heterocycles. The Morgan fingerprint density at radius 3 is 2.94 bits per heavy atom. The van der Waals surface area contributed by atoms with Crippen molar-refractivity contribution in [2.24, 2.45) is 0 Å². The van der Waals surface area contributed by atoms with Crippen LogP contribution in [0.15, 0.2) is 34.6 Å². The zero-order valence-corrected chi connectivity index (χ0v) is 10.4. The highest BCUT2D eigenvalue weighted by Gasteiger charge is 2.17. The minimum Gasteiger partial charge on any atom is -0.472 e. The zero-order chi connectivity index (χ0) is 13.0. The molecule has 0 aliphatic rings. The van der Waals surface area contributed by atoms with Gasteiger partial charge in [-0.3, -0.25) is 9.59 Å². The maximum absolute atomic E-state index is 11.7. The summed E-state index contributed by atoms with van der Waals surface area (Å²) in [4.78, 5) is 27.3. The molecule has 0 spiro atoms. The van der Waals surface area contributed by atoms with E-state index in [1.54, 1.807) is 18.5 Å². The number of aromatic nitrogens is 1. The monoisotopic (exact) mass is 265 g/mol. The SMILES string of the molecule is C[C@@H](NC(=O)c1ccoc1)C(=O)Nc1nccs1. The van der Waals surface area contributed by atoms with Crippen molar-refractivity contribution in [3.63, 3.8) is 0 Å². The fourth-order valence-electron chi connectivity index (χ4n) is 1.24. The van der Waals surface area contributed by atoms with E-state index in [0.29, 0.717) is 10.7 Å². The predicted octanol–water partition coefficient (Wildman–Crippen LogP) is 1.49. The van der Waals surface area contributed by atoms with Crippen LogP contribution in [0.4, 0.5) is 5.13 Å². The summed E-state index contributed by atoms with van der Waals surface area (Å²) >= 11 is 1.31. The van der Waals surface area contributed by atoms with Gasteiger partial charge in [0.2, 0.25) is 5.91 Å². The van der Waals surface area contributed by atoms with E-state index >= 15 is 0 Å². The van der Waals surface area contributed by atoms with Crippen molar-refractivity contribution in [2.75, 3.05) is 5.32 Å². The van der Waals surface area contributed by atoms with E-state index in [-0.39, 0.29) is 11.8 Å². The van der Waals surface area contributed by atoms with E-state index in [1.165, 1.54) is 29.9 Å². The van der Waals surface area contributed by atoms with Gasteiger partial charge in [0.25, 0.3) is 5.91 Å². The standard InChI is InChI=1S/C11H11N3O3S/c1-7(9(15)14-11-12-3-5-18-11)13-10(16)8-2-4-17-6-8/h2-7H,1H3,(H,13,16)(H,12,14,15)/t7-/m1/s1. The fraction of sp³-hybridized carbons (Fsp3) is 0.182. The Bertz CT molecular complexity index is 522. The molecule has 0 aromatic carbocycles. The van der Waals surface area contributed by atoms with E-state index in [2.05, 4.69) is 15.6 Å². The number of anilines is 1. The number of thiazole rings is 1. The molecule has 2 aromatic rings. The van der Waals surface area contributed by atoms with Gasteiger partial charge in [-0.1, -0.05) is 0 Å². The number of hydrogen-bond acceptors (Lipinski definition) is 5. The number of nitrogens with zero attached hydrogens (tertiary/aromatic N) is 1. The molecule has 2 heterocycles. The van der Waals surface area contributed by atoms with Gasteiger partial charge in [0.15, 0.2) is 5.13 Å². The van der Waals surface area contributed by atoms with Crippen LogP contribution in [0.3, 0.4) is 0 Å². The van der Waals surface area contributed by atoms with Gasteiger partial charge in [-0.2, -0.15) is 0 Å². The number of amides is 2. The summed E-state index contributed by atoms with van der Waals surface area (Å²) in [5.41, 5.74) is 0.379. The minimum atomic E-state index is -0.656. The molecule has 94 valence electrons. The van der Waals surface area contributed by atoms with Crippen molar-refractivity contribution in [1.82, 2.24) is 10.3 Å². The number of nitrogens with one attached hydrogen (secondary N) is 2. The van der Waals surface area contributed by atoms with Gasteiger partial charge in [-0.25, -0.2) is 4.98 Å². The molecule has 18 heavy (non-hydrogen) atoms. The average molecular weight is 265 g/mol. The van der Waals surface area contributed by atoms with Gasteiger partial charge in [-0.15, -0.1) is 11.3 Å². The summed E-state index contributed by atoms with van der Waals surface area (Å²) < 4.78 is 4.79. The fourth-order valence-corrected chi connectivity index (χ4v) is 1.77. The van der Waals surface area contributed by atoms with Crippen LogP contribution in [0.2, 0.25) is 0 Å². The Kier molecular flexibility index (Phi) is 3.73. The van der Waals surface area contributed by atoms with Crippen molar-refractivity contribution in [3.05, 3.63) is 35.7 Å². The van der Waals surface area contributed by atoms with Gasteiger partial charge < -0.3 is 15.1 Å². The third-order valence-electron chi connectivity index (χ3n) is 2.19. The molecule has 2 rings (SSSR count). The Labute approximate surface area is 107 Å². The highest BCUT2D eigenvalue weighted by molar-refractivity contribution is 7.13. The molecule has 6 nitrogen and oxygen atoms in total. The molecule has 2 N–H and O–H groups in total. The Balaban J connectivity index is 1.89. The maximum atomic E-state index is 11.7. The van der Waals surface area contributed by atoms with Crippen molar-refractivity contribution in [2.45, 2.75) is 13.0 Å². The lowest BCUT2D eigenvalue weighted by atomic mass is 10.2. The van der Waals surface area contributed by atoms with Crippen molar-refractivity contribution in [3.8, 4) is 0 Å². The van der Waals surface area contributed by atoms with Crippen molar-refractivity contribution in [1.29, 1.82) is 0 Å². The summed E-state index contributed by atoms with van der Waals surface area (Å²) in [5.74, 6) is -0.674. The number of rotatable bonds is 4. The second kappa shape index (κ2) is 5.46. The lowest BCUT2D eigenvalue weighted by Crippen LogP contribution is -2.41. The highest BCUT2D eigenvalue weighted by Crippen LogP contribution is 2.10. The summed E-state index contributed by atoms with van der Waals surface area (Å²) in [7, 11) is 0.